The summed E-state index contributed by atoms with van der Waals surface area (Å²) in [6, 6.07) is -0.247. The number of hydrogen-bond acceptors (Lipinski definition) is 3. The van der Waals surface area contributed by atoms with Crippen molar-refractivity contribution in [3.63, 3.8) is 0 Å². The first-order chi connectivity index (χ1) is 9.56. The number of urea groups is 1. The zero-order chi connectivity index (χ0) is 14.5. The third-order valence-corrected chi connectivity index (χ3v) is 4.38. The fourth-order valence-electron chi connectivity index (χ4n) is 3.11. The van der Waals surface area contributed by atoms with Crippen LogP contribution < -0.4 is 5.32 Å². The van der Waals surface area contributed by atoms with Crippen LogP contribution in [0.5, 0.6) is 0 Å². The number of aliphatic hydroxyl groups is 1. The standard InChI is InChI=1S/C14H24N2O4/c17-12-4-2-1-3-11(12)15-14(20)16-8-7-10(9-16)5-6-13(18)19/h10-12,17H,1-9H2,(H,15,20)(H,18,19). The molecule has 0 radical (unpaired) electrons. The minimum absolute atomic E-state index is 0.117. The number of amides is 2. The summed E-state index contributed by atoms with van der Waals surface area (Å²) in [5.41, 5.74) is 0. The molecule has 1 saturated carbocycles. The van der Waals surface area contributed by atoms with Gasteiger partial charge in [0.25, 0.3) is 0 Å². The van der Waals surface area contributed by atoms with Crippen molar-refractivity contribution in [3.8, 4) is 0 Å². The van der Waals surface area contributed by atoms with Gasteiger partial charge >= 0.3 is 12.0 Å². The highest BCUT2D eigenvalue weighted by molar-refractivity contribution is 5.75. The molecular formula is C14H24N2O4. The van der Waals surface area contributed by atoms with Crippen molar-refractivity contribution in [3.05, 3.63) is 0 Å². The van der Waals surface area contributed by atoms with Gasteiger partial charge < -0.3 is 20.4 Å². The van der Waals surface area contributed by atoms with Gasteiger partial charge in [-0.15, -0.1) is 0 Å². The first-order valence-corrected chi connectivity index (χ1v) is 7.51. The monoisotopic (exact) mass is 284 g/mol. The Bertz CT molecular complexity index is 361. The number of carbonyl (C=O) groups excluding carboxylic acids is 1. The number of hydrogen-bond donors (Lipinski definition) is 3. The molecule has 3 N–H and O–H groups in total. The van der Waals surface area contributed by atoms with E-state index in [0.29, 0.717) is 19.5 Å². The third kappa shape index (κ3) is 4.10. The Morgan fingerprint density at radius 1 is 1.20 bits per heavy atom. The highest BCUT2D eigenvalue weighted by atomic mass is 16.4. The Balaban J connectivity index is 1.74. The highest BCUT2D eigenvalue weighted by Gasteiger charge is 2.30. The Labute approximate surface area is 119 Å². The number of carbonyl (C=O) groups is 2. The van der Waals surface area contributed by atoms with Crippen molar-refractivity contribution in [2.24, 2.45) is 5.92 Å². The number of rotatable bonds is 4. The van der Waals surface area contributed by atoms with E-state index in [-0.39, 0.29) is 24.4 Å². The van der Waals surface area contributed by atoms with Crippen LogP contribution in [0.4, 0.5) is 4.79 Å². The minimum Gasteiger partial charge on any atom is -0.481 e. The van der Waals surface area contributed by atoms with Gasteiger partial charge in [-0.25, -0.2) is 4.79 Å². The maximum Gasteiger partial charge on any atom is 0.317 e. The summed E-state index contributed by atoms with van der Waals surface area (Å²) >= 11 is 0. The number of carboxylic acid groups (broad SMARTS) is 1. The number of carboxylic acids is 1. The van der Waals surface area contributed by atoms with Crippen LogP contribution in [0.15, 0.2) is 0 Å². The lowest BCUT2D eigenvalue weighted by atomic mass is 9.93. The van der Waals surface area contributed by atoms with Crippen molar-refractivity contribution >= 4 is 12.0 Å². The molecule has 0 bridgehead atoms. The molecule has 1 heterocycles. The lowest BCUT2D eigenvalue weighted by Gasteiger charge is -2.30. The van der Waals surface area contributed by atoms with Gasteiger partial charge in [-0.05, 0) is 31.6 Å². The fourth-order valence-corrected chi connectivity index (χ4v) is 3.11. The largest absolute Gasteiger partial charge is 0.481 e. The van der Waals surface area contributed by atoms with Crippen LogP contribution in [0.1, 0.15) is 44.9 Å². The number of aliphatic carboxylic acids is 1. The molecule has 1 saturated heterocycles. The quantitative estimate of drug-likeness (QED) is 0.723. The van der Waals surface area contributed by atoms with Crippen LogP contribution >= 0.6 is 0 Å². The van der Waals surface area contributed by atoms with Crippen LogP contribution in [-0.4, -0.2) is 52.3 Å². The molecule has 2 rings (SSSR count). The fraction of sp³-hybridized carbons (Fsp3) is 0.857. The molecule has 0 spiro atoms. The first-order valence-electron chi connectivity index (χ1n) is 7.51. The predicted octanol–water partition coefficient (Wildman–Crippen LogP) is 1.19. The molecule has 6 heteroatoms. The van der Waals surface area contributed by atoms with Crippen LogP contribution in [0.2, 0.25) is 0 Å². The molecule has 2 amide bonds. The van der Waals surface area contributed by atoms with Gasteiger partial charge in [-0.1, -0.05) is 12.8 Å². The molecule has 0 aromatic heterocycles. The Morgan fingerprint density at radius 3 is 2.65 bits per heavy atom. The molecule has 2 fully saturated rings. The molecule has 1 aliphatic heterocycles. The van der Waals surface area contributed by atoms with Gasteiger partial charge in [-0.2, -0.15) is 0 Å². The van der Waals surface area contributed by atoms with E-state index in [9.17, 15) is 14.7 Å². The van der Waals surface area contributed by atoms with Crippen molar-refractivity contribution in [2.75, 3.05) is 13.1 Å². The number of aliphatic hydroxyl groups excluding tert-OH is 1. The first kappa shape index (κ1) is 15.1. The number of nitrogens with one attached hydrogen (secondary N) is 1. The van der Waals surface area contributed by atoms with Crippen LogP contribution in [0, 0.1) is 5.92 Å². The maximum absolute atomic E-state index is 12.1. The second kappa shape index (κ2) is 6.92. The van der Waals surface area contributed by atoms with Gasteiger partial charge in [0.2, 0.25) is 0 Å². The average Bonchev–Trinajstić information content (AvgIpc) is 2.88. The molecule has 0 aromatic carbocycles. The molecule has 0 aromatic rings. The van der Waals surface area contributed by atoms with E-state index in [4.69, 9.17) is 5.11 Å². The number of nitrogens with zero attached hydrogens (tertiary/aromatic N) is 1. The summed E-state index contributed by atoms with van der Waals surface area (Å²) in [7, 11) is 0. The molecule has 1 aliphatic carbocycles. The molecule has 2 aliphatic rings. The Kier molecular flexibility index (Phi) is 5.23. The van der Waals surface area contributed by atoms with E-state index >= 15 is 0 Å². The van der Waals surface area contributed by atoms with Crippen LogP contribution in [0.25, 0.3) is 0 Å². The predicted molar refractivity (Wildman–Crippen MR) is 73.3 cm³/mol. The molecule has 114 valence electrons. The van der Waals surface area contributed by atoms with Gasteiger partial charge in [0, 0.05) is 19.5 Å². The average molecular weight is 284 g/mol. The smallest absolute Gasteiger partial charge is 0.317 e. The van der Waals surface area contributed by atoms with Crippen LogP contribution in [0.3, 0.4) is 0 Å². The molecular weight excluding hydrogens is 260 g/mol. The number of likely N-dealkylation sites (tertiary alicyclic amines) is 1. The van der Waals surface area contributed by atoms with Gasteiger partial charge in [-0.3, -0.25) is 4.79 Å². The SMILES string of the molecule is O=C(O)CCC1CCN(C(=O)NC2CCCCC2O)C1. The lowest BCUT2D eigenvalue weighted by molar-refractivity contribution is -0.137. The summed E-state index contributed by atoms with van der Waals surface area (Å²) < 4.78 is 0. The summed E-state index contributed by atoms with van der Waals surface area (Å²) in [5.74, 6) is -0.494. The van der Waals surface area contributed by atoms with E-state index in [2.05, 4.69) is 5.32 Å². The summed E-state index contributed by atoms with van der Waals surface area (Å²) in [6.45, 7) is 1.31. The van der Waals surface area contributed by atoms with Crippen LogP contribution in [-0.2, 0) is 4.79 Å². The maximum atomic E-state index is 12.1. The van der Waals surface area contributed by atoms with Gasteiger partial charge in [0.05, 0.1) is 12.1 Å². The Hall–Kier alpha value is -1.30. The summed E-state index contributed by atoms with van der Waals surface area (Å²) in [4.78, 5) is 24.4. The molecule has 20 heavy (non-hydrogen) atoms. The van der Waals surface area contributed by atoms with Crippen molar-refractivity contribution < 1.29 is 19.8 Å². The van der Waals surface area contributed by atoms with E-state index in [0.717, 1.165) is 32.1 Å². The normalized spacial score (nSPS) is 30.2. The van der Waals surface area contributed by atoms with Crippen molar-refractivity contribution in [1.29, 1.82) is 0 Å². The van der Waals surface area contributed by atoms with Gasteiger partial charge in [0.1, 0.15) is 0 Å². The zero-order valence-electron chi connectivity index (χ0n) is 11.8. The highest BCUT2D eigenvalue weighted by Crippen LogP contribution is 2.22. The molecule has 3 unspecified atom stereocenters. The van der Waals surface area contributed by atoms with E-state index in [1.165, 1.54) is 0 Å². The third-order valence-electron chi connectivity index (χ3n) is 4.38. The molecule has 3 atom stereocenters. The van der Waals surface area contributed by atoms with E-state index in [1.807, 2.05) is 0 Å². The summed E-state index contributed by atoms with van der Waals surface area (Å²) in [5, 5.41) is 21.4. The lowest BCUT2D eigenvalue weighted by Crippen LogP contribution is -2.49. The molecule has 6 nitrogen and oxygen atoms in total. The second-order valence-corrected chi connectivity index (χ2v) is 5.94. The van der Waals surface area contributed by atoms with Crippen molar-refractivity contribution in [1.82, 2.24) is 10.2 Å². The van der Waals surface area contributed by atoms with Gasteiger partial charge in [0.15, 0.2) is 0 Å². The van der Waals surface area contributed by atoms with Crippen molar-refractivity contribution in [2.45, 2.75) is 57.1 Å². The second-order valence-electron chi connectivity index (χ2n) is 5.94. The minimum atomic E-state index is -0.779. The van der Waals surface area contributed by atoms with E-state index < -0.39 is 12.1 Å². The topological polar surface area (TPSA) is 89.9 Å². The summed E-state index contributed by atoms with van der Waals surface area (Å²) in [6.07, 6.45) is 4.89. The Morgan fingerprint density at radius 2 is 1.95 bits per heavy atom. The zero-order valence-corrected chi connectivity index (χ0v) is 11.8. The van der Waals surface area contributed by atoms with E-state index in [1.54, 1.807) is 4.90 Å².